The predicted octanol–water partition coefficient (Wildman–Crippen LogP) is 3.98. The maximum Gasteiger partial charge on any atom is 0.417 e. The Hall–Kier alpha value is -2.49. The highest BCUT2D eigenvalue weighted by Crippen LogP contribution is 2.36. The molecule has 3 rings (SSSR count). The van der Waals surface area contributed by atoms with Crippen LogP contribution in [0.25, 0.3) is 22.3 Å². The van der Waals surface area contributed by atoms with Gasteiger partial charge in [0.05, 0.1) is 22.8 Å². The van der Waals surface area contributed by atoms with Crippen LogP contribution in [0.1, 0.15) is 31.0 Å². The number of aryl methyl sites for hydroxylation is 2. The van der Waals surface area contributed by atoms with Crippen molar-refractivity contribution >= 4 is 23.3 Å². The highest BCUT2D eigenvalue weighted by atomic mass is 32.1. The molecule has 0 bridgehead atoms. The molecule has 0 saturated heterocycles. The number of fused-ring (bicyclic) bond motifs is 1. The van der Waals surface area contributed by atoms with Gasteiger partial charge in [0, 0.05) is 24.8 Å². The fourth-order valence-corrected chi connectivity index (χ4v) is 3.18. The molecule has 0 aliphatic rings. The SMILES string of the molecule is CCCCn1c(=S)[nH]c(=O)c2c(C(F)(F)F)cc(-c3cnn(C)c3C)nc21. The van der Waals surface area contributed by atoms with Gasteiger partial charge in [0.15, 0.2) is 4.77 Å². The topological polar surface area (TPSA) is 68.5 Å². The monoisotopic (exact) mass is 397 g/mol. The third-order valence-electron chi connectivity index (χ3n) is 4.50. The number of rotatable bonds is 4. The van der Waals surface area contributed by atoms with Crippen molar-refractivity contribution in [3.8, 4) is 11.3 Å². The number of alkyl halides is 3. The van der Waals surface area contributed by atoms with Gasteiger partial charge in [-0.25, -0.2) is 4.98 Å². The van der Waals surface area contributed by atoms with Crippen LogP contribution in [0.15, 0.2) is 17.1 Å². The molecule has 1 N–H and O–H groups in total. The van der Waals surface area contributed by atoms with Crippen molar-refractivity contribution < 1.29 is 13.2 Å². The minimum absolute atomic E-state index is 0.0571. The van der Waals surface area contributed by atoms with Crippen molar-refractivity contribution in [2.75, 3.05) is 0 Å². The molecule has 0 amide bonds. The van der Waals surface area contributed by atoms with Crippen molar-refractivity contribution in [3.05, 3.63) is 38.6 Å². The third kappa shape index (κ3) is 3.41. The van der Waals surface area contributed by atoms with Gasteiger partial charge in [0.25, 0.3) is 5.56 Å². The molecule has 0 atom stereocenters. The first kappa shape index (κ1) is 19.3. The van der Waals surface area contributed by atoms with E-state index in [9.17, 15) is 18.0 Å². The van der Waals surface area contributed by atoms with Crippen molar-refractivity contribution in [1.82, 2.24) is 24.3 Å². The zero-order valence-corrected chi connectivity index (χ0v) is 15.8. The lowest BCUT2D eigenvalue weighted by molar-refractivity contribution is -0.136. The molecule has 3 aromatic rings. The molecule has 27 heavy (non-hydrogen) atoms. The fraction of sp³-hybridized carbons (Fsp3) is 0.412. The van der Waals surface area contributed by atoms with Gasteiger partial charge in [-0.3, -0.25) is 14.5 Å². The molecule has 0 saturated carbocycles. The summed E-state index contributed by atoms with van der Waals surface area (Å²) in [6, 6.07) is 0.898. The van der Waals surface area contributed by atoms with Crippen LogP contribution in [-0.4, -0.2) is 24.3 Å². The van der Waals surface area contributed by atoms with Gasteiger partial charge in [0.1, 0.15) is 5.65 Å². The Kier molecular flexibility index (Phi) is 4.94. The first-order valence-corrected chi connectivity index (χ1v) is 8.80. The van der Waals surface area contributed by atoms with Gasteiger partial charge >= 0.3 is 6.18 Å². The second-order valence-corrected chi connectivity index (χ2v) is 6.67. The Labute approximate surface area is 157 Å². The standard InChI is InChI=1S/C17H18F3N5OS/c1-4-5-6-25-14-13(15(26)23-16(25)27)11(17(18,19)20)7-12(22-14)10-8-21-24(3)9(10)2/h7-8H,4-6H2,1-3H3,(H,23,26,27). The summed E-state index contributed by atoms with van der Waals surface area (Å²) < 4.78 is 44.3. The van der Waals surface area contributed by atoms with Crippen LogP contribution in [0, 0.1) is 11.7 Å². The lowest BCUT2D eigenvalue weighted by Gasteiger charge is -2.15. The van der Waals surface area contributed by atoms with Crippen LogP contribution in [-0.2, 0) is 19.8 Å². The Morgan fingerprint density at radius 3 is 2.59 bits per heavy atom. The number of nitrogens with zero attached hydrogens (tertiary/aromatic N) is 4. The van der Waals surface area contributed by atoms with Crippen molar-refractivity contribution in [3.63, 3.8) is 0 Å². The number of H-pyrrole nitrogens is 1. The van der Waals surface area contributed by atoms with Crippen LogP contribution in [0.3, 0.4) is 0 Å². The summed E-state index contributed by atoms with van der Waals surface area (Å²) in [5.41, 5.74) is -0.753. The first-order valence-electron chi connectivity index (χ1n) is 8.39. The van der Waals surface area contributed by atoms with E-state index in [-0.39, 0.29) is 16.1 Å². The zero-order valence-electron chi connectivity index (χ0n) is 15.0. The molecule has 3 heterocycles. The summed E-state index contributed by atoms with van der Waals surface area (Å²) in [6.45, 7) is 4.06. The van der Waals surface area contributed by atoms with E-state index in [1.165, 1.54) is 10.8 Å². The summed E-state index contributed by atoms with van der Waals surface area (Å²) in [7, 11) is 1.69. The van der Waals surface area contributed by atoms with E-state index in [1.54, 1.807) is 18.7 Å². The van der Waals surface area contributed by atoms with Crippen molar-refractivity contribution in [2.24, 2.45) is 7.05 Å². The van der Waals surface area contributed by atoms with E-state index in [4.69, 9.17) is 12.2 Å². The van der Waals surface area contributed by atoms with Gasteiger partial charge < -0.3 is 4.57 Å². The van der Waals surface area contributed by atoms with Crippen LogP contribution < -0.4 is 5.56 Å². The summed E-state index contributed by atoms with van der Waals surface area (Å²) >= 11 is 5.18. The number of aromatic amines is 1. The second-order valence-electron chi connectivity index (χ2n) is 6.28. The van der Waals surface area contributed by atoms with Crippen LogP contribution >= 0.6 is 12.2 Å². The molecule has 6 nitrogen and oxygen atoms in total. The molecular weight excluding hydrogens is 379 g/mol. The fourth-order valence-electron chi connectivity index (χ4n) is 2.91. The van der Waals surface area contributed by atoms with Gasteiger partial charge in [0.2, 0.25) is 0 Å². The molecule has 3 aromatic heterocycles. The second kappa shape index (κ2) is 6.91. The van der Waals surface area contributed by atoms with E-state index in [0.29, 0.717) is 24.2 Å². The van der Waals surface area contributed by atoms with Crippen LogP contribution in [0.2, 0.25) is 0 Å². The lowest BCUT2D eigenvalue weighted by Crippen LogP contribution is -2.21. The van der Waals surface area contributed by atoms with Gasteiger partial charge in [-0.1, -0.05) is 13.3 Å². The summed E-state index contributed by atoms with van der Waals surface area (Å²) in [4.78, 5) is 19.1. The van der Waals surface area contributed by atoms with Crippen molar-refractivity contribution in [2.45, 2.75) is 39.4 Å². The minimum Gasteiger partial charge on any atom is -0.302 e. The quantitative estimate of drug-likeness (QED) is 0.676. The van der Waals surface area contributed by atoms with E-state index in [0.717, 1.165) is 12.5 Å². The highest BCUT2D eigenvalue weighted by molar-refractivity contribution is 7.71. The first-order chi connectivity index (χ1) is 12.6. The molecular formula is C17H18F3N5OS. The van der Waals surface area contributed by atoms with E-state index < -0.39 is 22.7 Å². The van der Waals surface area contributed by atoms with E-state index in [1.807, 2.05) is 6.92 Å². The smallest absolute Gasteiger partial charge is 0.302 e. The molecule has 0 fully saturated rings. The predicted molar refractivity (Wildman–Crippen MR) is 98.0 cm³/mol. The molecule has 0 aliphatic heterocycles. The number of halogens is 3. The number of hydrogen-bond acceptors (Lipinski definition) is 4. The number of pyridine rings is 1. The number of aromatic nitrogens is 5. The molecule has 0 radical (unpaired) electrons. The summed E-state index contributed by atoms with van der Waals surface area (Å²) in [5.74, 6) is 0. The van der Waals surface area contributed by atoms with E-state index >= 15 is 0 Å². The van der Waals surface area contributed by atoms with Crippen LogP contribution in [0.4, 0.5) is 13.2 Å². The maximum atomic E-state index is 13.7. The summed E-state index contributed by atoms with van der Waals surface area (Å²) in [5, 5.41) is 3.57. The van der Waals surface area contributed by atoms with E-state index in [2.05, 4.69) is 15.1 Å². The number of hydrogen-bond donors (Lipinski definition) is 1. The molecule has 0 spiro atoms. The third-order valence-corrected chi connectivity index (χ3v) is 4.82. The number of unbranched alkanes of at least 4 members (excludes halogenated alkanes) is 1. The number of nitrogens with one attached hydrogen (secondary N) is 1. The van der Waals surface area contributed by atoms with Crippen LogP contribution in [0.5, 0.6) is 0 Å². The normalized spacial score (nSPS) is 12.1. The molecule has 144 valence electrons. The van der Waals surface area contributed by atoms with Gasteiger partial charge in [-0.15, -0.1) is 0 Å². The zero-order chi connectivity index (χ0) is 19.9. The van der Waals surface area contributed by atoms with Crippen molar-refractivity contribution in [1.29, 1.82) is 0 Å². The molecule has 0 aliphatic carbocycles. The molecule has 0 unspecified atom stereocenters. The lowest BCUT2D eigenvalue weighted by atomic mass is 10.1. The summed E-state index contributed by atoms with van der Waals surface area (Å²) in [6.07, 6.45) is -1.75. The molecule has 10 heteroatoms. The minimum atomic E-state index is -4.72. The molecule has 0 aromatic carbocycles. The Balaban J connectivity index is 2.46. The van der Waals surface area contributed by atoms with Gasteiger partial charge in [-0.05, 0) is 31.6 Å². The Morgan fingerprint density at radius 2 is 2.04 bits per heavy atom. The average Bonchev–Trinajstić information content (AvgIpc) is 2.92. The Bertz CT molecular complexity index is 1130. The van der Waals surface area contributed by atoms with Gasteiger partial charge in [-0.2, -0.15) is 18.3 Å². The largest absolute Gasteiger partial charge is 0.417 e. The highest BCUT2D eigenvalue weighted by Gasteiger charge is 2.35. The maximum absolute atomic E-state index is 13.7. The average molecular weight is 397 g/mol. The Morgan fingerprint density at radius 1 is 1.33 bits per heavy atom.